The van der Waals surface area contributed by atoms with Crippen LogP contribution in [0.4, 0.5) is 8.78 Å². The first-order valence-corrected chi connectivity index (χ1v) is 6.48. The zero-order valence-electron chi connectivity index (χ0n) is 11.7. The number of nitrogens with one attached hydrogen (secondary N) is 1. The van der Waals surface area contributed by atoms with Crippen molar-refractivity contribution in [2.75, 3.05) is 0 Å². The standard InChI is InChI=1S/C15H17F2N3/c1-9(14-12(16)5-4-6-13(14)17)20-11(3)15-10(2)18-7-8-19-15/h4-9,11,20H,1-3H3. The van der Waals surface area contributed by atoms with Gasteiger partial charge in [0.05, 0.1) is 11.4 Å². The number of hydrogen-bond donors (Lipinski definition) is 1. The zero-order chi connectivity index (χ0) is 14.7. The van der Waals surface area contributed by atoms with Gasteiger partial charge in [-0.3, -0.25) is 9.97 Å². The van der Waals surface area contributed by atoms with Gasteiger partial charge in [0.25, 0.3) is 0 Å². The van der Waals surface area contributed by atoms with E-state index in [1.54, 1.807) is 19.3 Å². The first-order valence-electron chi connectivity index (χ1n) is 6.48. The fraction of sp³-hybridized carbons (Fsp3) is 0.333. The van der Waals surface area contributed by atoms with E-state index in [0.717, 1.165) is 11.4 Å². The molecule has 106 valence electrons. The number of benzene rings is 1. The lowest BCUT2D eigenvalue weighted by Crippen LogP contribution is -2.25. The lowest BCUT2D eigenvalue weighted by atomic mass is 10.0. The molecule has 0 radical (unpaired) electrons. The van der Waals surface area contributed by atoms with Crippen LogP contribution in [-0.4, -0.2) is 9.97 Å². The maximum atomic E-state index is 13.7. The SMILES string of the molecule is Cc1nccnc1C(C)NC(C)c1c(F)cccc1F. The molecule has 2 rings (SSSR count). The molecule has 2 atom stereocenters. The molecule has 0 saturated carbocycles. The summed E-state index contributed by atoms with van der Waals surface area (Å²) in [5, 5.41) is 3.15. The molecule has 0 aliphatic carbocycles. The quantitative estimate of drug-likeness (QED) is 0.929. The van der Waals surface area contributed by atoms with E-state index in [9.17, 15) is 8.78 Å². The van der Waals surface area contributed by atoms with Crippen molar-refractivity contribution in [1.82, 2.24) is 15.3 Å². The highest BCUT2D eigenvalue weighted by Crippen LogP contribution is 2.23. The maximum absolute atomic E-state index is 13.7. The smallest absolute Gasteiger partial charge is 0.130 e. The monoisotopic (exact) mass is 277 g/mol. The lowest BCUT2D eigenvalue weighted by molar-refractivity contribution is 0.443. The van der Waals surface area contributed by atoms with Crippen LogP contribution >= 0.6 is 0 Å². The topological polar surface area (TPSA) is 37.8 Å². The van der Waals surface area contributed by atoms with E-state index in [1.807, 2.05) is 13.8 Å². The summed E-state index contributed by atoms with van der Waals surface area (Å²) in [6, 6.07) is 3.26. The molecule has 1 aromatic carbocycles. The van der Waals surface area contributed by atoms with Gasteiger partial charge in [0.1, 0.15) is 11.6 Å². The first-order chi connectivity index (χ1) is 9.50. The molecule has 0 amide bonds. The van der Waals surface area contributed by atoms with Crippen LogP contribution in [0.2, 0.25) is 0 Å². The van der Waals surface area contributed by atoms with Crippen LogP contribution < -0.4 is 5.32 Å². The number of halogens is 2. The van der Waals surface area contributed by atoms with Crippen molar-refractivity contribution in [2.45, 2.75) is 32.9 Å². The molecule has 0 bridgehead atoms. The third-order valence-electron chi connectivity index (χ3n) is 3.26. The summed E-state index contributed by atoms with van der Waals surface area (Å²) >= 11 is 0. The van der Waals surface area contributed by atoms with Gasteiger partial charge >= 0.3 is 0 Å². The third-order valence-corrected chi connectivity index (χ3v) is 3.26. The highest BCUT2D eigenvalue weighted by Gasteiger charge is 2.19. The van der Waals surface area contributed by atoms with E-state index in [1.165, 1.54) is 18.2 Å². The Labute approximate surface area is 117 Å². The second-order valence-corrected chi connectivity index (χ2v) is 4.77. The van der Waals surface area contributed by atoms with Gasteiger partial charge in [-0.1, -0.05) is 6.07 Å². The molecule has 1 N–H and O–H groups in total. The predicted octanol–water partition coefficient (Wildman–Crippen LogP) is 3.48. The average molecular weight is 277 g/mol. The van der Waals surface area contributed by atoms with E-state index in [4.69, 9.17) is 0 Å². The van der Waals surface area contributed by atoms with E-state index >= 15 is 0 Å². The van der Waals surface area contributed by atoms with Gasteiger partial charge in [0.2, 0.25) is 0 Å². The van der Waals surface area contributed by atoms with Crippen LogP contribution in [-0.2, 0) is 0 Å². The Balaban J connectivity index is 2.20. The largest absolute Gasteiger partial charge is 0.302 e. The Bertz CT molecular complexity index is 581. The van der Waals surface area contributed by atoms with Crippen molar-refractivity contribution < 1.29 is 8.78 Å². The predicted molar refractivity (Wildman–Crippen MR) is 73.1 cm³/mol. The summed E-state index contributed by atoms with van der Waals surface area (Å²) in [4.78, 5) is 8.42. The highest BCUT2D eigenvalue weighted by molar-refractivity contribution is 5.23. The Morgan fingerprint density at radius 3 is 2.20 bits per heavy atom. The minimum Gasteiger partial charge on any atom is -0.302 e. The van der Waals surface area contributed by atoms with Gasteiger partial charge in [-0.2, -0.15) is 0 Å². The number of nitrogens with zero attached hydrogens (tertiary/aromatic N) is 2. The van der Waals surface area contributed by atoms with Crippen molar-refractivity contribution in [3.8, 4) is 0 Å². The molecule has 20 heavy (non-hydrogen) atoms. The van der Waals surface area contributed by atoms with Gasteiger partial charge < -0.3 is 5.32 Å². The fourth-order valence-corrected chi connectivity index (χ4v) is 2.31. The molecule has 3 nitrogen and oxygen atoms in total. The maximum Gasteiger partial charge on any atom is 0.130 e. The van der Waals surface area contributed by atoms with Crippen molar-refractivity contribution in [2.24, 2.45) is 0 Å². The van der Waals surface area contributed by atoms with Crippen molar-refractivity contribution in [3.05, 3.63) is 59.2 Å². The van der Waals surface area contributed by atoms with Crippen LogP contribution in [0.3, 0.4) is 0 Å². The Kier molecular flexibility index (Phi) is 4.39. The van der Waals surface area contributed by atoms with Crippen LogP contribution in [0.25, 0.3) is 0 Å². The number of hydrogen-bond acceptors (Lipinski definition) is 3. The van der Waals surface area contributed by atoms with Gasteiger partial charge in [-0.25, -0.2) is 8.78 Å². The van der Waals surface area contributed by atoms with Gasteiger partial charge in [-0.05, 0) is 32.9 Å². The van der Waals surface area contributed by atoms with E-state index in [0.29, 0.717) is 0 Å². The molecule has 0 fully saturated rings. The molecule has 0 aliphatic rings. The summed E-state index contributed by atoms with van der Waals surface area (Å²) in [5.74, 6) is -1.10. The van der Waals surface area contributed by atoms with Crippen molar-refractivity contribution in [3.63, 3.8) is 0 Å². The van der Waals surface area contributed by atoms with E-state index in [-0.39, 0.29) is 11.6 Å². The van der Waals surface area contributed by atoms with Crippen LogP contribution in [0.1, 0.15) is 42.9 Å². The molecule has 2 aromatic rings. The average Bonchev–Trinajstić information content (AvgIpc) is 2.38. The molecule has 5 heteroatoms. The summed E-state index contributed by atoms with van der Waals surface area (Å²) in [6.07, 6.45) is 3.22. The molecule has 0 spiro atoms. The van der Waals surface area contributed by atoms with Gasteiger partial charge in [-0.15, -0.1) is 0 Å². The second kappa shape index (κ2) is 6.05. The van der Waals surface area contributed by atoms with E-state index < -0.39 is 17.7 Å². The zero-order valence-corrected chi connectivity index (χ0v) is 11.7. The molecule has 1 aromatic heterocycles. The summed E-state index contributed by atoms with van der Waals surface area (Å²) < 4.78 is 27.5. The van der Waals surface area contributed by atoms with Crippen molar-refractivity contribution >= 4 is 0 Å². The fourth-order valence-electron chi connectivity index (χ4n) is 2.31. The molecule has 1 heterocycles. The molecular weight excluding hydrogens is 260 g/mol. The third kappa shape index (κ3) is 2.99. The van der Waals surface area contributed by atoms with Crippen LogP contribution in [0, 0.1) is 18.6 Å². The molecular formula is C15H17F2N3. The summed E-state index contributed by atoms with van der Waals surface area (Å²) in [7, 11) is 0. The van der Waals surface area contributed by atoms with Crippen molar-refractivity contribution in [1.29, 1.82) is 0 Å². The molecule has 2 unspecified atom stereocenters. The molecule has 0 saturated heterocycles. The van der Waals surface area contributed by atoms with Gasteiger partial charge in [0.15, 0.2) is 0 Å². The Morgan fingerprint density at radius 2 is 1.60 bits per heavy atom. The lowest BCUT2D eigenvalue weighted by Gasteiger charge is -2.21. The summed E-state index contributed by atoms with van der Waals surface area (Å²) in [5.41, 5.74) is 1.62. The van der Waals surface area contributed by atoms with Gasteiger partial charge in [0, 0.05) is 30.0 Å². The normalized spacial score (nSPS) is 14.1. The number of aromatic nitrogens is 2. The number of aryl methyl sites for hydroxylation is 1. The highest BCUT2D eigenvalue weighted by atomic mass is 19.1. The Hall–Kier alpha value is -1.88. The first kappa shape index (κ1) is 14.5. The summed E-state index contributed by atoms with van der Waals surface area (Å²) in [6.45, 7) is 5.48. The van der Waals surface area contributed by atoms with Crippen LogP contribution in [0.5, 0.6) is 0 Å². The second-order valence-electron chi connectivity index (χ2n) is 4.77. The van der Waals surface area contributed by atoms with E-state index in [2.05, 4.69) is 15.3 Å². The minimum absolute atomic E-state index is 0.0425. The van der Waals surface area contributed by atoms with Crippen LogP contribution in [0.15, 0.2) is 30.6 Å². The molecule has 0 aliphatic heterocycles. The minimum atomic E-state index is -0.548. The number of rotatable bonds is 4. The Morgan fingerprint density at radius 1 is 1.00 bits per heavy atom.